The van der Waals surface area contributed by atoms with Crippen LogP contribution in [0.3, 0.4) is 0 Å². The second-order valence-corrected chi connectivity index (χ2v) is 7.57. The van der Waals surface area contributed by atoms with Crippen molar-refractivity contribution in [2.45, 2.75) is 27.5 Å². The largest absolute Gasteiger partial charge is 0.493 e. The number of amides is 1. The van der Waals surface area contributed by atoms with Gasteiger partial charge in [0.25, 0.3) is 5.91 Å². The molecule has 8 nitrogen and oxygen atoms in total. The van der Waals surface area contributed by atoms with Gasteiger partial charge in [0.1, 0.15) is 0 Å². The number of benzene rings is 1. The van der Waals surface area contributed by atoms with Crippen molar-refractivity contribution in [3.05, 3.63) is 34.6 Å². The van der Waals surface area contributed by atoms with E-state index in [1.165, 1.54) is 25.1 Å². The van der Waals surface area contributed by atoms with E-state index < -0.39 is 5.41 Å². The molecule has 1 aromatic heterocycles. The lowest BCUT2D eigenvalue weighted by Crippen LogP contribution is -2.24. The second-order valence-electron chi connectivity index (χ2n) is 6.72. The van der Waals surface area contributed by atoms with Gasteiger partial charge in [-0.25, -0.2) is 4.68 Å². The third kappa shape index (κ3) is 5.22. The number of hydrogen-bond donors (Lipinski definition) is 1. The first-order valence-electron chi connectivity index (χ1n) is 8.08. The van der Waals surface area contributed by atoms with Crippen LogP contribution in [0.5, 0.6) is 11.5 Å². The van der Waals surface area contributed by atoms with Crippen LogP contribution in [0.25, 0.3) is 0 Å². The van der Waals surface area contributed by atoms with Crippen LogP contribution in [-0.4, -0.2) is 35.9 Å². The topological polar surface area (TPSA) is 91.7 Å². The lowest BCUT2D eigenvalue weighted by molar-refractivity contribution is -0.157. The number of hydrogen-bond acceptors (Lipinski definition) is 6. The summed E-state index contributed by atoms with van der Waals surface area (Å²) in [7, 11) is 3.02. The summed E-state index contributed by atoms with van der Waals surface area (Å²) in [5.74, 6) is 0.261. The van der Waals surface area contributed by atoms with Crippen LogP contribution in [0.2, 0.25) is 0 Å². The summed E-state index contributed by atoms with van der Waals surface area (Å²) in [5.41, 5.74) is 0.247. The fourth-order valence-corrected chi connectivity index (χ4v) is 2.57. The minimum absolute atomic E-state index is 0.0357. The van der Waals surface area contributed by atoms with E-state index >= 15 is 0 Å². The van der Waals surface area contributed by atoms with Crippen molar-refractivity contribution in [3.63, 3.8) is 0 Å². The number of carbonyl (C=O) groups is 2. The van der Waals surface area contributed by atoms with E-state index in [4.69, 9.17) is 14.2 Å². The molecule has 1 amide bonds. The van der Waals surface area contributed by atoms with Gasteiger partial charge in [0.05, 0.1) is 43.3 Å². The lowest BCUT2D eigenvalue weighted by atomic mass is 9.98. The number of aromatic nitrogens is 2. The summed E-state index contributed by atoms with van der Waals surface area (Å²) in [6.07, 6.45) is 3.04. The maximum atomic E-state index is 12.5. The van der Waals surface area contributed by atoms with Crippen molar-refractivity contribution >= 4 is 33.5 Å². The number of anilines is 1. The fourth-order valence-electron chi connectivity index (χ4n) is 2.07. The van der Waals surface area contributed by atoms with Gasteiger partial charge in [0.2, 0.25) is 0 Å². The molecule has 0 unspecified atom stereocenters. The van der Waals surface area contributed by atoms with Gasteiger partial charge >= 0.3 is 5.97 Å². The Balaban J connectivity index is 2.07. The summed E-state index contributed by atoms with van der Waals surface area (Å²) in [6.45, 7) is 5.27. The van der Waals surface area contributed by atoms with Crippen molar-refractivity contribution in [3.8, 4) is 11.5 Å². The molecule has 0 saturated heterocycles. The van der Waals surface area contributed by atoms with E-state index in [9.17, 15) is 9.59 Å². The number of nitrogens with zero attached hydrogens (tertiary/aromatic N) is 2. The molecule has 27 heavy (non-hydrogen) atoms. The van der Waals surface area contributed by atoms with E-state index in [0.717, 1.165) is 0 Å². The average Bonchev–Trinajstić information content (AvgIpc) is 3.05. The van der Waals surface area contributed by atoms with Crippen LogP contribution < -0.4 is 14.8 Å². The Morgan fingerprint density at radius 2 is 1.81 bits per heavy atom. The Morgan fingerprint density at radius 3 is 2.41 bits per heavy atom. The van der Waals surface area contributed by atoms with Crippen LogP contribution in [0.15, 0.2) is 29.0 Å². The van der Waals surface area contributed by atoms with Gasteiger partial charge in [-0.05, 0) is 48.8 Å². The molecule has 0 atom stereocenters. The quantitative estimate of drug-likeness (QED) is 0.692. The number of methoxy groups -OCH3 is 2. The highest BCUT2D eigenvalue weighted by molar-refractivity contribution is 9.10. The highest BCUT2D eigenvalue weighted by Gasteiger charge is 2.23. The summed E-state index contributed by atoms with van der Waals surface area (Å²) in [6, 6.07) is 3.23. The zero-order chi connectivity index (χ0) is 20.2. The molecule has 1 heterocycles. The van der Waals surface area contributed by atoms with Crippen molar-refractivity contribution in [1.82, 2.24) is 9.78 Å². The zero-order valence-corrected chi connectivity index (χ0v) is 17.4. The third-order valence-corrected chi connectivity index (χ3v) is 4.21. The molecule has 0 radical (unpaired) electrons. The first-order chi connectivity index (χ1) is 12.7. The van der Waals surface area contributed by atoms with Gasteiger partial charge < -0.3 is 19.5 Å². The highest BCUT2D eigenvalue weighted by atomic mass is 79.9. The number of ether oxygens (including phenoxy) is 3. The van der Waals surface area contributed by atoms with Crippen LogP contribution in [0.4, 0.5) is 5.69 Å². The summed E-state index contributed by atoms with van der Waals surface area (Å²) < 4.78 is 17.6. The molecular weight excluding hydrogens is 418 g/mol. The Labute approximate surface area is 165 Å². The number of carbonyl (C=O) groups excluding carboxylic acids is 2. The fraction of sp³-hybridized carbons (Fsp3) is 0.389. The molecule has 0 aliphatic carbocycles. The normalized spacial score (nSPS) is 11.0. The first kappa shape index (κ1) is 20.8. The molecular formula is C18H22BrN3O5. The molecule has 2 rings (SSSR count). The van der Waals surface area contributed by atoms with Crippen LogP contribution in [0.1, 0.15) is 31.1 Å². The zero-order valence-electron chi connectivity index (χ0n) is 15.8. The standard InChI is InChI=1S/C18H22BrN3O5/c1-18(2,3)17(24)27-10-22-9-11(8-20-22)21-16(23)12-6-14(25-4)15(26-5)7-13(12)19/h6-9H,10H2,1-5H3,(H,21,23). The molecule has 146 valence electrons. The predicted octanol–water partition coefficient (Wildman–Crippen LogP) is 3.46. The average molecular weight is 440 g/mol. The van der Waals surface area contributed by atoms with Gasteiger partial charge in [0.15, 0.2) is 18.2 Å². The molecule has 2 aromatic rings. The number of esters is 1. The monoisotopic (exact) mass is 439 g/mol. The van der Waals surface area contributed by atoms with Crippen molar-refractivity contribution in [1.29, 1.82) is 0 Å². The Kier molecular flexibility index (Phi) is 6.48. The van der Waals surface area contributed by atoms with E-state index in [0.29, 0.717) is 27.2 Å². The van der Waals surface area contributed by atoms with Crippen molar-refractivity contribution in [2.75, 3.05) is 19.5 Å². The van der Waals surface area contributed by atoms with Crippen molar-refractivity contribution in [2.24, 2.45) is 5.41 Å². The third-order valence-electron chi connectivity index (χ3n) is 3.55. The second kappa shape index (κ2) is 8.43. The molecule has 9 heteroatoms. The molecule has 1 N–H and O–H groups in total. The number of rotatable bonds is 6. The predicted molar refractivity (Wildman–Crippen MR) is 103 cm³/mol. The summed E-state index contributed by atoms with van der Waals surface area (Å²) >= 11 is 3.36. The molecule has 1 aromatic carbocycles. The minimum atomic E-state index is -0.593. The number of halogens is 1. The van der Waals surface area contributed by atoms with Gasteiger partial charge in [0, 0.05) is 4.47 Å². The van der Waals surface area contributed by atoms with E-state index in [2.05, 4.69) is 26.3 Å². The Hall–Kier alpha value is -2.55. The van der Waals surface area contributed by atoms with Gasteiger partial charge in [-0.3, -0.25) is 9.59 Å². The minimum Gasteiger partial charge on any atom is -0.493 e. The Bertz CT molecular complexity index is 842. The first-order valence-corrected chi connectivity index (χ1v) is 8.87. The molecule has 0 saturated carbocycles. The molecule has 0 bridgehead atoms. The maximum absolute atomic E-state index is 12.5. The molecule has 0 aliphatic rings. The Morgan fingerprint density at radius 1 is 1.19 bits per heavy atom. The molecule has 0 fully saturated rings. The van der Waals surface area contributed by atoms with Crippen LogP contribution in [-0.2, 0) is 16.3 Å². The summed E-state index contributed by atoms with van der Waals surface area (Å²) in [5, 5.41) is 6.81. The smallest absolute Gasteiger partial charge is 0.313 e. The highest BCUT2D eigenvalue weighted by Crippen LogP contribution is 2.33. The summed E-state index contributed by atoms with van der Waals surface area (Å²) in [4.78, 5) is 24.3. The van der Waals surface area contributed by atoms with Gasteiger partial charge in [-0.2, -0.15) is 5.10 Å². The number of nitrogens with one attached hydrogen (secondary N) is 1. The van der Waals surface area contributed by atoms with E-state index in [1.54, 1.807) is 39.1 Å². The van der Waals surface area contributed by atoms with Gasteiger partial charge in [-0.15, -0.1) is 0 Å². The van der Waals surface area contributed by atoms with E-state index in [-0.39, 0.29) is 18.6 Å². The maximum Gasteiger partial charge on any atom is 0.313 e. The SMILES string of the molecule is COc1cc(Br)c(C(=O)Nc2cnn(COC(=O)C(C)(C)C)c2)cc1OC. The van der Waals surface area contributed by atoms with Crippen LogP contribution in [0, 0.1) is 5.41 Å². The lowest BCUT2D eigenvalue weighted by Gasteiger charge is -2.16. The van der Waals surface area contributed by atoms with E-state index in [1.807, 2.05) is 0 Å². The molecule has 0 aliphatic heterocycles. The molecule has 0 spiro atoms. The van der Waals surface area contributed by atoms with Crippen molar-refractivity contribution < 1.29 is 23.8 Å². The van der Waals surface area contributed by atoms with Gasteiger partial charge in [-0.1, -0.05) is 0 Å². The van der Waals surface area contributed by atoms with Crippen LogP contribution >= 0.6 is 15.9 Å².